The molecular weight excluding hydrogens is 258 g/mol. The van der Waals surface area contributed by atoms with E-state index in [2.05, 4.69) is 25.8 Å². The van der Waals surface area contributed by atoms with Gasteiger partial charge in [0, 0.05) is 17.2 Å². The van der Waals surface area contributed by atoms with Gasteiger partial charge in [0.15, 0.2) is 0 Å². The smallest absolute Gasteiger partial charge is 0.0758 e. The number of hydrogen-bond acceptors (Lipinski definition) is 3. The highest BCUT2D eigenvalue weighted by Gasteiger charge is 2.21. The van der Waals surface area contributed by atoms with E-state index in [1.807, 2.05) is 24.2 Å². The van der Waals surface area contributed by atoms with Crippen LogP contribution in [0.3, 0.4) is 0 Å². The third-order valence-electron chi connectivity index (χ3n) is 3.13. The van der Waals surface area contributed by atoms with Crippen LogP contribution in [0.4, 0.5) is 0 Å². The van der Waals surface area contributed by atoms with Crippen molar-refractivity contribution in [2.45, 2.75) is 70.5 Å². The molecule has 0 N–H and O–H groups in total. The van der Waals surface area contributed by atoms with Gasteiger partial charge < -0.3 is 0 Å². The van der Waals surface area contributed by atoms with E-state index in [1.165, 1.54) is 37.7 Å². The first-order valence-corrected chi connectivity index (χ1v) is 8.21. The van der Waals surface area contributed by atoms with Crippen LogP contribution in [-0.2, 0) is 0 Å². The van der Waals surface area contributed by atoms with Crippen LogP contribution in [0.5, 0.6) is 0 Å². The molecule has 102 valence electrons. The molecule has 0 atom stereocenters. The van der Waals surface area contributed by atoms with Gasteiger partial charge in [-0.1, -0.05) is 45.8 Å². The molecule has 0 radical (unpaired) electrons. The van der Waals surface area contributed by atoms with Gasteiger partial charge in [0.05, 0.1) is 4.20 Å². The molecule has 1 aliphatic heterocycles. The Labute approximate surface area is 122 Å². The predicted octanol–water partition coefficient (Wildman–Crippen LogP) is 5.54. The van der Waals surface area contributed by atoms with E-state index >= 15 is 0 Å². The number of unbranched alkanes of at least 4 members (excludes halogenated alkanes) is 1. The Morgan fingerprint density at radius 2 is 2.22 bits per heavy atom. The van der Waals surface area contributed by atoms with Crippen molar-refractivity contribution in [3.63, 3.8) is 0 Å². The van der Waals surface area contributed by atoms with Crippen LogP contribution in [0.1, 0.15) is 65.7 Å². The molecule has 0 saturated carbocycles. The van der Waals surface area contributed by atoms with E-state index in [1.54, 1.807) is 0 Å². The van der Waals surface area contributed by atoms with Gasteiger partial charge in [-0.15, -0.1) is 11.8 Å². The number of thiocarbonyl (C=S) groups is 1. The number of rotatable bonds is 5. The number of nitrogens with zero attached hydrogens (tertiary/aromatic N) is 1. The molecule has 0 aliphatic carbocycles. The minimum atomic E-state index is 0.250. The summed E-state index contributed by atoms with van der Waals surface area (Å²) >= 11 is 7.45. The van der Waals surface area contributed by atoms with Crippen molar-refractivity contribution in [2.75, 3.05) is 0 Å². The zero-order valence-corrected chi connectivity index (χ0v) is 13.5. The van der Waals surface area contributed by atoms with Gasteiger partial charge in [-0.2, -0.15) is 0 Å². The quantitative estimate of drug-likeness (QED) is 0.614. The Morgan fingerprint density at radius 1 is 1.44 bits per heavy atom. The molecule has 1 heterocycles. The minimum Gasteiger partial charge on any atom is -0.269 e. The second kappa shape index (κ2) is 8.11. The summed E-state index contributed by atoms with van der Waals surface area (Å²) < 4.78 is 1.30. The molecule has 0 amide bonds. The van der Waals surface area contributed by atoms with E-state index in [-0.39, 0.29) is 4.75 Å². The first-order valence-electron chi connectivity index (χ1n) is 6.99. The summed E-state index contributed by atoms with van der Waals surface area (Å²) in [5.74, 6) is 0. The normalized spacial score (nSPS) is 19.8. The van der Waals surface area contributed by atoms with Crippen molar-refractivity contribution in [1.29, 1.82) is 0 Å². The highest BCUT2D eigenvalue weighted by Crippen LogP contribution is 2.34. The van der Waals surface area contributed by atoms with E-state index in [9.17, 15) is 0 Å². The zero-order valence-electron chi connectivity index (χ0n) is 11.9. The second-order valence-corrected chi connectivity index (χ2v) is 7.87. The fourth-order valence-electron chi connectivity index (χ4n) is 1.96. The summed E-state index contributed by atoms with van der Waals surface area (Å²) in [5, 5.41) is 0. The third kappa shape index (κ3) is 6.14. The Morgan fingerprint density at radius 3 is 2.94 bits per heavy atom. The highest BCUT2D eigenvalue weighted by atomic mass is 32.2. The van der Waals surface area contributed by atoms with Gasteiger partial charge in [-0.05, 0) is 37.7 Å². The zero-order chi connectivity index (χ0) is 13.4. The molecule has 1 aliphatic rings. The Kier molecular flexibility index (Phi) is 7.16. The summed E-state index contributed by atoms with van der Waals surface area (Å²) in [6.45, 7) is 6.84. The van der Waals surface area contributed by atoms with Gasteiger partial charge in [0.2, 0.25) is 0 Å². The molecule has 0 aromatic carbocycles. The van der Waals surface area contributed by atoms with Crippen LogP contribution < -0.4 is 0 Å². The summed E-state index contributed by atoms with van der Waals surface area (Å²) in [5.41, 5.74) is 1.26. The maximum Gasteiger partial charge on any atom is 0.0758 e. The minimum absolute atomic E-state index is 0.250. The average molecular weight is 284 g/mol. The van der Waals surface area contributed by atoms with E-state index < -0.39 is 0 Å². The molecular formula is C15H25NS2. The molecule has 0 aromatic rings. The van der Waals surface area contributed by atoms with E-state index in [4.69, 9.17) is 12.2 Å². The maximum atomic E-state index is 5.60. The predicted molar refractivity (Wildman–Crippen MR) is 88.8 cm³/mol. The fraction of sp³-hybridized carbons (Fsp3) is 0.733. The lowest BCUT2D eigenvalue weighted by Crippen LogP contribution is -2.17. The monoisotopic (exact) mass is 283 g/mol. The van der Waals surface area contributed by atoms with Gasteiger partial charge in [-0.3, -0.25) is 4.99 Å². The highest BCUT2D eigenvalue weighted by molar-refractivity contribution is 8.24. The summed E-state index contributed by atoms with van der Waals surface area (Å²) in [7, 11) is 0. The van der Waals surface area contributed by atoms with Crippen LogP contribution in [0.25, 0.3) is 0 Å². The number of thioether (sulfide) groups is 1. The molecule has 0 unspecified atom stereocenters. The standard InChI is InChI=1S/C15H25NS2/c1-4-5-10-15(2,3)18-14(17)13-9-7-6-8-11-16-12-13/h11-12H,4-10H2,1-3H3/b13-12+,16-11?. The largest absolute Gasteiger partial charge is 0.269 e. The number of hydrogen-bond donors (Lipinski definition) is 0. The third-order valence-corrected chi connectivity index (χ3v) is 4.85. The molecule has 0 fully saturated rings. The SMILES string of the molecule is CCCCC(C)(C)SC(=S)/C1=C/N=CCCCC1. The van der Waals surface area contributed by atoms with E-state index in [0.717, 1.165) is 17.0 Å². The Bertz CT molecular complexity index is 329. The topological polar surface area (TPSA) is 12.4 Å². The lowest BCUT2D eigenvalue weighted by Gasteiger charge is -2.25. The summed E-state index contributed by atoms with van der Waals surface area (Å²) in [6.07, 6.45) is 12.4. The maximum absolute atomic E-state index is 5.60. The van der Waals surface area contributed by atoms with E-state index in [0.29, 0.717) is 0 Å². The first kappa shape index (κ1) is 15.9. The molecule has 0 saturated heterocycles. The Hall–Kier alpha value is -0.150. The van der Waals surface area contributed by atoms with Crippen LogP contribution in [0.2, 0.25) is 0 Å². The second-order valence-electron chi connectivity index (χ2n) is 5.48. The Balaban J connectivity index is 2.57. The average Bonchev–Trinajstić information content (AvgIpc) is 2.25. The van der Waals surface area contributed by atoms with Crippen molar-refractivity contribution in [3.05, 3.63) is 11.8 Å². The lowest BCUT2D eigenvalue weighted by atomic mass is 10.1. The van der Waals surface area contributed by atoms with Gasteiger partial charge in [-0.25, -0.2) is 0 Å². The van der Waals surface area contributed by atoms with Crippen molar-refractivity contribution in [3.8, 4) is 0 Å². The van der Waals surface area contributed by atoms with Gasteiger partial charge in [0.25, 0.3) is 0 Å². The van der Waals surface area contributed by atoms with Crippen molar-refractivity contribution in [2.24, 2.45) is 4.99 Å². The lowest BCUT2D eigenvalue weighted by molar-refractivity contribution is 0.596. The van der Waals surface area contributed by atoms with Gasteiger partial charge >= 0.3 is 0 Å². The molecule has 1 rings (SSSR count). The first-order chi connectivity index (χ1) is 8.55. The fourth-order valence-corrected chi connectivity index (χ4v) is 3.82. The van der Waals surface area contributed by atoms with Crippen LogP contribution in [0.15, 0.2) is 16.8 Å². The summed E-state index contributed by atoms with van der Waals surface area (Å²) in [6, 6.07) is 0. The molecule has 0 aromatic heterocycles. The van der Waals surface area contributed by atoms with Crippen molar-refractivity contribution >= 4 is 34.4 Å². The molecule has 0 spiro atoms. The van der Waals surface area contributed by atoms with Crippen molar-refractivity contribution < 1.29 is 0 Å². The molecule has 1 nitrogen and oxygen atoms in total. The van der Waals surface area contributed by atoms with Crippen LogP contribution >= 0.6 is 24.0 Å². The number of aliphatic imine (C=N–C) groups is 1. The van der Waals surface area contributed by atoms with Gasteiger partial charge in [0.1, 0.15) is 0 Å². The van der Waals surface area contributed by atoms with Crippen molar-refractivity contribution in [1.82, 2.24) is 0 Å². The molecule has 3 heteroatoms. The van der Waals surface area contributed by atoms with Crippen LogP contribution in [0, 0.1) is 0 Å². The molecule has 0 bridgehead atoms. The molecule has 18 heavy (non-hydrogen) atoms. The summed E-state index contributed by atoms with van der Waals surface area (Å²) in [4.78, 5) is 4.34. The van der Waals surface area contributed by atoms with Crippen LogP contribution in [-0.4, -0.2) is 15.2 Å².